The summed E-state index contributed by atoms with van der Waals surface area (Å²) < 4.78 is 0. The fourth-order valence-corrected chi connectivity index (χ4v) is 2.58. The second kappa shape index (κ2) is 6.61. The van der Waals surface area contributed by atoms with E-state index in [1.54, 1.807) is 17.8 Å². The predicted molar refractivity (Wildman–Crippen MR) is 84.8 cm³/mol. The van der Waals surface area contributed by atoms with Crippen molar-refractivity contribution >= 4 is 34.5 Å². The molecule has 0 aliphatic rings. The van der Waals surface area contributed by atoms with Gasteiger partial charge in [-0.15, -0.1) is 0 Å². The number of nitrogens with one attached hydrogen (secondary N) is 1. The Bertz CT molecular complexity index is 616. The SMILES string of the molecule is CSCCC(C)Nc1nc2ccccc2cc1C(=O)O. The van der Waals surface area contributed by atoms with E-state index in [9.17, 15) is 9.90 Å². The monoisotopic (exact) mass is 290 g/mol. The summed E-state index contributed by atoms with van der Waals surface area (Å²) in [5.41, 5.74) is 1.02. The number of fused-ring (bicyclic) bond motifs is 1. The van der Waals surface area contributed by atoms with Gasteiger partial charge in [0.2, 0.25) is 0 Å². The second-order valence-electron chi connectivity index (χ2n) is 4.71. The Labute approximate surface area is 122 Å². The van der Waals surface area contributed by atoms with Crippen molar-refractivity contribution in [3.63, 3.8) is 0 Å². The fraction of sp³-hybridized carbons (Fsp3) is 0.333. The van der Waals surface area contributed by atoms with E-state index in [0.717, 1.165) is 23.1 Å². The number of hydrogen-bond acceptors (Lipinski definition) is 4. The zero-order valence-corrected chi connectivity index (χ0v) is 12.4. The van der Waals surface area contributed by atoms with Crippen LogP contribution in [0.4, 0.5) is 5.82 Å². The van der Waals surface area contributed by atoms with E-state index in [2.05, 4.69) is 16.6 Å². The molecule has 0 radical (unpaired) electrons. The van der Waals surface area contributed by atoms with E-state index in [-0.39, 0.29) is 11.6 Å². The minimum Gasteiger partial charge on any atom is -0.478 e. The molecular formula is C15H18N2O2S. The van der Waals surface area contributed by atoms with Gasteiger partial charge in [-0.25, -0.2) is 9.78 Å². The van der Waals surface area contributed by atoms with Crippen molar-refractivity contribution in [3.8, 4) is 0 Å². The second-order valence-corrected chi connectivity index (χ2v) is 5.69. The molecule has 0 fully saturated rings. The maximum Gasteiger partial charge on any atom is 0.339 e. The van der Waals surface area contributed by atoms with Crippen LogP contribution in [0.25, 0.3) is 10.9 Å². The summed E-state index contributed by atoms with van der Waals surface area (Å²) in [6, 6.07) is 9.40. The lowest BCUT2D eigenvalue weighted by atomic mass is 10.1. The van der Waals surface area contributed by atoms with Gasteiger partial charge >= 0.3 is 5.97 Å². The topological polar surface area (TPSA) is 62.2 Å². The van der Waals surface area contributed by atoms with Crippen LogP contribution >= 0.6 is 11.8 Å². The summed E-state index contributed by atoms with van der Waals surface area (Å²) >= 11 is 1.78. The summed E-state index contributed by atoms with van der Waals surface area (Å²) in [5.74, 6) is 0.525. The first-order valence-corrected chi connectivity index (χ1v) is 7.89. The molecule has 0 saturated carbocycles. The van der Waals surface area contributed by atoms with Gasteiger partial charge in [0.15, 0.2) is 0 Å². The van der Waals surface area contributed by atoms with Crippen LogP contribution in [0, 0.1) is 0 Å². The lowest BCUT2D eigenvalue weighted by Crippen LogP contribution is -2.19. The highest BCUT2D eigenvalue weighted by atomic mass is 32.2. The smallest absolute Gasteiger partial charge is 0.339 e. The van der Waals surface area contributed by atoms with Gasteiger partial charge in [0, 0.05) is 11.4 Å². The van der Waals surface area contributed by atoms with Gasteiger partial charge in [0.25, 0.3) is 0 Å². The van der Waals surface area contributed by atoms with Crippen molar-refractivity contribution in [2.24, 2.45) is 0 Å². The number of nitrogens with zero attached hydrogens (tertiary/aromatic N) is 1. The number of aromatic nitrogens is 1. The van der Waals surface area contributed by atoms with Crippen LogP contribution < -0.4 is 5.32 Å². The number of carboxylic acid groups (broad SMARTS) is 1. The van der Waals surface area contributed by atoms with Gasteiger partial charge in [0.05, 0.1) is 5.52 Å². The molecule has 1 atom stereocenters. The normalized spacial score (nSPS) is 12.3. The Hall–Kier alpha value is -1.75. The van der Waals surface area contributed by atoms with Crippen molar-refractivity contribution in [2.45, 2.75) is 19.4 Å². The third-order valence-corrected chi connectivity index (χ3v) is 3.74. The fourth-order valence-electron chi connectivity index (χ4n) is 1.99. The molecule has 0 bridgehead atoms. The quantitative estimate of drug-likeness (QED) is 0.852. The van der Waals surface area contributed by atoms with Gasteiger partial charge in [-0.1, -0.05) is 18.2 Å². The molecule has 1 aromatic heterocycles. The molecule has 2 aromatic rings. The first kappa shape index (κ1) is 14.7. The van der Waals surface area contributed by atoms with Crippen molar-refractivity contribution in [1.29, 1.82) is 0 Å². The molecule has 0 saturated heterocycles. The highest BCUT2D eigenvalue weighted by Gasteiger charge is 2.14. The third-order valence-electron chi connectivity index (χ3n) is 3.09. The van der Waals surface area contributed by atoms with E-state index < -0.39 is 5.97 Å². The maximum absolute atomic E-state index is 11.4. The zero-order chi connectivity index (χ0) is 14.5. The summed E-state index contributed by atoms with van der Waals surface area (Å²) in [7, 11) is 0. The number of hydrogen-bond donors (Lipinski definition) is 2. The van der Waals surface area contributed by atoms with E-state index >= 15 is 0 Å². The van der Waals surface area contributed by atoms with Gasteiger partial charge in [-0.3, -0.25) is 0 Å². The average molecular weight is 290 g/mol. The Morgan fingerprint density at radius 1 is 1.45 bits per heavy atom. The molecule has 0 spiro atoms. The molecule has 4 nitrogen and oxygen atoms in total. The number of benzene rings is 1. The average Bonchev–Trinajstić information content (AvgIpc) is 2.44. The van der Waals surface area contributed by atoms with E-state index in [1.165, 1.54) is 0 Å². The number of anilines is 1. The minimum absolute atomic E-state index is 0.189. The lowest BCUT2D eigenvalue weighted by molar-refractivity contribution is 0.0697. The van der Waals surface area contributed by atoms with Crippen LogP contribution in [0.5, 0.6) is 0 Å². The highest BCUT2D eigenvalue weighted by Crippen LogP contribution is 2.21. The van der Waals surface area contributed by atoms with Crippen LogP contribution in [0.1, 0.15) is 23.7 Å². The summed E-state index contributed by atoms with van der Waals surface area (Å²) in [6.45, 7) is 2.04. The molecule has 0 aliphatic heterocycles. The van der Waals surface area contributed by atoms with E-state index in [0.29, 0.717) is 5.82 Å². The Balaban J connectivity index is 2.34. The molecule has 1 heterocycles. The van der Waals surface area contributed by atoms with E-state index in [4.69, 9.17) is 0 Å². The molecule has 20 heavy (non-hydrogen) atoms. The third kappa shape index (κ3) is 3.42. The van der Waals surface area contributed by atoms with Gasteiger partial charge in [-0.05, 0) is 37.5 Å². The molecule has 5 heteroatoms. The minimum atomic E-state index is -0.956. The summed E-state index contributed by atoms with van der Waals surface area (Å²) in [6.07, 6.45) is 3.03. The summed E-state index contributed by atoms with van der Waals surface area (Å²) in [4.78, 5) is 15.8. The van der Waals surface area contributed by atoms with Crippen LogP contribution in [-0.4, -0.2) is 34.1 Å². The van der Waals surface area contributed by atoms with Crippen molar-refractivity contribution in [1.82, 2.24) is 4.98 Å². The molecule has 2 N–H and O–H groups in total. The van der Waals surface area contributed by atoms with Crippen LogP contribution in [0.15, 0.2) is 30.3 Å². The highest BCUT2D eigenvalue weighted by molar-refractivity contribution is 7.98. The number of para-hydroxylation sites is 1. The number of aromatic carboxylic acids is 1. The van der Waals surface area contributed by atoms with Crippen LogP contribution in [-0.2, 0) is 0 Å². The zero-order valence-electron chi connectivity index (χ0n) is 11.6. The van der Waals surface area contributed by atoms with Crippen LogP contribution in [0.3, 0.4) is 0 Å². The van der Waals surface area contributed by atoms with Crippen molar-refractivity contribution in [2.75, 3.05) is 17.3 Å². The first-order valence-electron chi connectivity index (χ1n) is 6.50. The van der Waals surface area contributed by atoms with Gasteiger partial charge in [-0.2, -0.15) is 11.8 Å². The molecule has 106 valence electrons. The largest absolute Gasteiger partial charge is 0.478 e. The molecular weight excluding hydrogens is 272 g/mol. The number of thioether (sulfide) groups is 1. The van der Waals surface area contributed by atoms with Crippen molar-refractivity contribution in [3.05, 3.63) is 35.9 Å². The number of carboxylic acids is 1. The number of pyridine rings is 1. The van der Waals surface area contributed by atoms with E-state index in [1.807, 2.05) is 31.2 Å². The standard InChI is InChI=1S/C15H18N2O2S/c1-10(7-8-20-2)16-14-12(15(18)19)9-11-5-3-4-6-13(11)17-14/h3-6,9-10H,7-8H2,1-2H3,(H,16,17)(H,18,19). The molecule has 1 unspecified atom stereocenters. The maximum atomic E-state index is 11.4. The lowest BCUT2D eigenvalue weighted by Gasteiger charge is -2.16. The summed E-state index contributed by atoms with van der Waals surface area (Å²) in [5, 5.41) is 13.4. The van der Waals surface area contributed by atoms with Gasteiger partial charge < -0.3 is 10.4 Å². The van der Waals surface area contributed by atoms with Crippen molar-refractivity contribution < 1.29 is 9.90 Å². The molecule has 0 amide bonds. The Kier molecular flexibility index (Phi) is 4.84. The molecule has 0 aliphatic carbocycles. The molecule has 1 aromatic carbocycles. The first-order chi connectivity index (χ1) is 9.61. The van der Waals surface area contributed by atoms with Gasteiger partial charge in [0.1, 0.15) is 11.4 Å². The predicted octanol–water partition coefficient (Wildman–Crippen LogP) is 3.49. The Morgan fingerprint density at radius 3 is 2.90 bits per heavy atom. The number of carbonyl (C=O) groups is 1. The Morgan fingerprint density at radius 2 is 2.20 bits per heavy atom. The number of rotatable bonds is 6. The van der Waals surface area contributed by atoms with Crippen LogP contribution in [0.2, 0.25) is 0 Å². The molecule has 2 rings (SSSR count).